The third kappa shape index (κ3) is 2.02. The molecule has 1 heteroatoms. The van der Waals surface area contributed by atoms with Gasteiger partial charge in [0, 0.05) is 9.58 Å². The highest BCUT2D eigenvalue weighted by atomic mass is 32.1. The molecule has 1 aromatic heterocycles. The van der Waals surface area contributed by atoms with E-state index in [4.69, 9.17) is 0 Å². The average Bonchev–Trinajstić information content (AvgIpc) is 2.57. The molecule has 0 aliphatic rings. The fraction of sp³-hybridized carbons (Fsp3) is 0.143. The summed E-state index contributed by atoms with van der Waals surface area (Å²) in [6, 6.07) is 8.56. The van der Waals surface area contributed by atoms with E-state index in [9.17, 15) is 0 Å². The quantitative estimate of drug-likeness (QED) is 0.630. The van der Waals surface area contributed by atoms with Gasteiger partial charge in [-0.3, -0.25) is 0 Å². The van der Waals surface area contributed by atoms with E-state index in [2.05, 4.69) is 49.4 Å². The molecule has 0 radical (unpaired) electrons. The van der Waals surface area contributed by atoms with Crippen molar-refractivity contribution in [2.45, 2.75) is 13.8 Å². The molecule has 15 heavy (non-hydrogen) atoms. The van der Waals surface area contributed by atoms with Crippen LogP contribution in [0.15, 0.2) is 42.5 Å². The maximum atomic E-state index is 2.19. The van der Waals surface area contributed by atoms with Crippen molar-refractivity contribution < 1.29 is 0 Å². The van der Waals surface area contributed by atoms with E-state index in [1.807, 2.05) is 24.3 Å². The number of allylic oxidation sites excluding steroid dienone is 3. The Bertz CT molecular complexity index is 515. The monoisotopic (exact) mass is 214 g/mol. The van der Waals surface area contributed by atoms with E-state index in [-0.39, 0.29) is 0 Å². The van der Waals surface area contributed by atoms with Crippen LogP contribution >= 0.6 is 11.3 Å². The van der Waals surface area contributed by atoms with Crippen LogP contribution in [0, 0.1) is 6.92 Å². The van der Waals surface area contributed by atoms with Crippen LogP contribution in [0.1, 0.15) is 17.4 Å². The zero-order valence-electron chi connectivity index (χ0n) is 9.03. The van der Waals surface area contributed by atoms with Crippen molar-refractivity contribution in [1.29, 1.82) is 0 Å². The van der Waals surface area contributed by atoms with Crippen LogP contribution in [0.2, 0.25) is 0 Å². The van der Waals surface area contributed by atoms with Gasteiger partial charge < -0.3 is 0 Å². The maximum Gasteiger partial charge on any atom is 0.0351 e. The van der Waals surface area contributed by atoms with E-state index >= 15 is 0 Å². The summed E-state index contributed by atoms with van der Waals surface area (Å²) in [6.45, 7) is 4.22. The summed E-state index contributed by atoms with van der Waals surface area (Å²) < 4.78 is 1.37. The molecule has 0 aliphatic heterocycles. The van der Waals surface area contributed by atoms with E-state index < -0.39 is 0 Å². The molecule has 0 N–H and O–H groups in total. The van der Waals surface area contributed by atoms with Gasteiger partial charge in [-0.05, 0) is 36.9 Å². The molecule has 0 unspecified atom stereocenters. The van der Waals surface area contributed by atoms with E-state index in [1.54, 1.807) is 0 Å². The minimum Gasteiger partial charge on any atom is -0.136 e. The number of fused-ring (bicyclic) bond motifs is 1. The number of rotatable bonds is 2. The minimum atomic E-state index is 1.36. The van der Waals surface area contributed by atoms with E-state index in [0.717, 1.165) is 0 Å². The van der Waals surface area contributed by atoms with Crippen LogP contribution in [0.4, 0.5) is 0 Å². The highest BCUT2D eigenvalue weighted by Gasteiger charge is 2.03. The van der Waals surface area contributed by atoms with Gasteiger partial charge in [-0.25, -0.2) is 0 Å². The fourth-order valence-electron chi connectivity index (χ4n) is 1.61. The molecular formula is C14H14S. The highest BCUT2D eigenvalue weighted by molar-refractivity contribution is 7.20. The van der Waals surface area contributed by atoms with Gasteiger partial charge in [-0.1, -0.05) is 36.4 Å². The second kappa shape index (κ2) is 4.45. The van der Waals surface area contributed by atoms with Crippen LogP contribution in [0.5, 0.6) is 0 Å². The molecule has 2 rings (SSSR count). The Morgan fingerprint density at radius 2 is 1.93 bits per heavy atom. The Morgan fingerprint density at radius 1 is 1.13 bits per heavy atom. The largest absolute Gasteiger partial charge is 0.136 e. The zero-order chi connectivity index (χ0) is 10.7. The highest BCUT2D eigenvalue weighted by Crippen LogP contribution is 2.31. The molecule has 2 aromatic rings. The molecule has 0 amide bonds. The van der Waals surface area contributed by atoms with Crippen molar-refractivity contribution in [2.24, 2.45) is 0 Å². The van der Waals surface area contributed by atoms with Crippen molar-refractivity contribution in [3.05, 3.63) is 52.9 Å². The summed E-state index contributed by atoms with van der Waals surface area (Å²) in [5.74, 6) is 0. The third-order valence-corrected chi connectivity index (χ3v) is 3.67. The number of thiophene rings is 1. The van der Waals surface area contributed by atoms with Crippen LogP contribution in [-0.4, -0.2) is 0 Å². The van der Waals surface area contributed by atoms with Gasteiger partial charge in [0.2, 0.25) is 0 Å². The number of hydrogen-bond donors (Lipinski definition) is 0. The van der Waals surface area contributed by atoms with Crippen molar-refractivity contribution in [2.75, 3.05) is 0 Å². The summed E-state index contributed by atoms with van der Waals surface area (Å²) in [6.07, 6.45) is 8.38. The summed E-state index contributed by atoms with van der Waals surface area (Å²) >= 11 is 1.85. The molecule has 0 nitrogen and oxygen atoms in total. The van der Waals surface area contributed by atoms with Crippen LogP contribution in [-0.2, 0) is 0 Å². The lowest BCUT2D eigenvalue weighted by Gasteiger charge is -1.90. The summed E-state index contributed by atoms with van der Waals surface area (Å²) in [5.41, 5.74) is 1.39. The lowest BCUT2D eigenvalue weighted by atomic mass is 10.1. The predicted molar refractivity (Wildman–Crippen MR) is 70.4 cm³/mol. The van der Waals surface area contributed by atoms with Gasteiger partial charge >= 0.3 is 0 Å². The third-order valence-electron chi connectivity index (χ3n) is 2.43. The van der Waals surface area contributed by atoms with E-state index in [1.165, 1.54) is 20.5 Å². The van der Waals surface area contributed by atoms with Crippen molar-refractivity contribution in [3.63, 3.8) is 0 Å². The van der Waals surface area contributed by atoms with Gasteiger partial charge in [0.15, 0.2) is 0 Å². The first-order valence-electron chi connectivity index (χ1n) is 5.10. The molecule has 1 heterocycles. The first kappa shape index (κ1) is 10.2. The van der Waals surface area contributed by atoms with Gasteiger partial charge in [0.1, 0.15) is 0 Å². The van der Waals surface area contributed by atoms with Crippen molar-refractivity contribution in [1.82, 2.24) is 0 Å². The van der Waals surface area contributed by atoms with Crippen molar-refractivity contribution >= 4 is 27.5 Å². The summed E-state index contributed by atoms with van der Waals surface area (Å²) in [5, 5.41) is 1.38. The first-order chi connectivity index (χ1) is 7.33. The first-order valence-corrected chi connectivity index (χ1v) is 5.92. The Balaban J connectivity index is 2.48. The average molecular weight is 214 g/mol. The second-order valence-electron chi connectivity index (χ2n) is 3.47. The Labute approximate surface area is 94.6 Å². The van der Waals surface area contributed by atoms with Crippen LogP contribution in [0.25, 0.3) is 16.2 Å². The SMILES string of the molecule is C/C=C\C=C/c1sc2ccccc2c1C. The molecule has 0 fully saturated rings. The summed E-state index contributed by atoms with van der Waals surface area (Å²) in [4.78, 5) is 1.36. The topological polar surface area (TPSA) is 0 Å². The Hall–Kier alpha value is -1.34. The molecule has 0 saturated heterocycles. The summed E-state index contributed by atoms with van der Waals surface area (Å²) in [7, 11) is 0. The fourth-order valence-corrected chi connectivity index (χ4v) is 2.73. The minimum absolute atomic E-state index is 1.36. The standard InChI is InChI=1S/C14H14S/c1-3-4-5-9-13-11(2)12-8-6-7-10-14(12)15-13/h3-10H,1-2H3/b4-3-,9-5-. The molecule has 0 bridgehead atoms. The molecule has 0 aliphatic carbocycles. The normalized spacial score (nSPS) is 12.1. The molecule has 76 valence electrons. The number of benzene rings is 1. The smallest absolute Gasteiger partial charge is 0.0351 e. The molecule has 0 spiro atoms. The molecule has 0 saturated carbocycles. The van der Waals surface area contributed by atoms with Crippen LogP contribution < -0.4 is 0 Å². The van der Waals surface area contributed by atoms with Gasteiger partial charge in [0.25, 0.3) is 0 Å². The molecule has 0 atom stereocenters. The predicted octanol–water partition coefficient (Wildman–Crippen LogP) is 4.80. The van der Waals surface area contributed by atoms with Gasteiger partial charge in [-0.2, -0.15) is 0 Å². The lowest BCUT2D eigenvalue weighted by molar-refractivity contribution is 1.57. The van der Waals surface area contributed by atoms with Gasteiger partial charge in [0.05, 0.1) is 0 Å². The second-order valence-corrected chi connectivity index (χ2v) is 4.56. The van der Waals surface area contributed by atoms with Crippen molar-refractivity contribution in [3.8, 4) is 0 Å². The Kier molecular flexibility index (Phi) is 3.02. The van der Waals surface area contributed by atoms with E-state index in [0.29, 0.717) is 0 Å². The lowest BCUT2D eigenvalue weighted by Crippen LogP contribution is -1.69. The number of aryl methyl sites for hydroxylation is 1. The van der Waals surface area contributed by atoms with Crippen LogP contribution in [0.3, 0.4) is 0 Å². The Morgan fingerprint density at radius 3 is 2.67 bits per heavy atom. The zero-order valence-corrected chi connectivity index (χ0v) is 9.84. The van der Waals surface area contributed by atoms with Gasteiger partial charge in [-0.15, -0.1) is 11.3 Å². The maximum absolute atomic E-state index is 2.19. The molecular weight excluding hydrogens is 200 g/mol. The molecule has 1 aromatic carbocycles. The number of hydrogen-bond acceptors (Lipinski definition) is 1.